The van der Waals surface area contributed by atoms with Crippen LogP contribution < -0.4 is 5.32 Å². The average Bonchev–Trinajstić information content (AvgIpc) is 2.38. The highest BCUT2D eigenvalue weighted by Crippen LogP contribution is 2.37. The third-order valence-electron chi connectivity index (χ3n) is 3.48. The van der Waals surface area contributed by atoms with Crippen molar-refractivity contribution in [2.45, 2.75) is 18.4 Å². The van der Waals surface area contributed by atoms with Crippen LogP contribution in [0.4, 0.5) is 5.69 Å². The van der Waals surface area contributed by atoms with Crippen molar-refractivity contribution in [2.75, 3.05) is 12.4 Å². The second-order valence-electron chi connectivity index (χ2n) is 4.89. The third-order valence-corrected chi connectivity index (χ3v) is 5.33. The number of anilines is 1. The number of carbonyl (C=O) groups is 1. The maximum absolute atomic E-state index is 12.4. The molecule has 2 aromatic rings. The van der Waals surface area contributed by atoms with Gasteiger partial charge in [-0.05, 0) is 17.7 Å². The molecule has 0 aliphatic carbocycles. The Labute approximate surface area is 117 Å². The van der Waals surface area contributed by atoms with Crippen LogP contribution in [0.25, 0.3) is 10.8 Å². The van der Waals surface area contributed by atoms with E-state index in [0.717, 1.165) is 10.9 Å². The van der Waals surface area contributed by atoms with Gasteiger partial charge in [0, 0.05) is 37.0 Å². The molecule has 0 saturated carbocycles. The maximum atomic E-state index is 12.4. The van der Waals surface area contributed by atoms with Crippen molar-refractivity contribution in [1.29, 1.82) is 0 Å². The lowest BCUT2D eigenvalue weighted by atomic mass is 10.0. The lowest BCUT2D eigenvalue weighted by Gasteiger charge is -2.26. The summed E-state index contributed by atoms with van der Waals surface area (Å²) in [5, 5.41) is 4.20. The molecule has 0 saturated heterocycles. The highest BCUT2D eigenvalue weighted by atomic mass is 32.2. The molecule has 5 nitrogen and oxygen atoms in total. The quantitative estimate of drug-likeness (QED) is 0.872. The van der Waals surface area contributed by atoms with Crippen molar-refractivity contribution in [1.82, 2.24) is 4.31 Å². The second kappa shape index (κ2) is 4.29. The molecule has 2 aromatic carbocycles. The zero-order valence-electron chi connectivity index (χ0n) is 11.2. The van der Waals surface area contributed by atoms with Crippen molar-refractivity contribution < 1.29 is 13.2 Å². The van der Waals surface area contributed by atoms with E-state index in [2.05, 4.69) is 5.32 Å². The van der Waals surface area contributed by atoms with Crippen LogP contribution in [0, 0.1) is 0 Å². The third kappa shape index (κ3) is 1.80. The minimum atomic E-state index is -3.45. The lowest BCUT2D eigenvalue weighted by Crippen LogP contribution is -2.30. The minimum Gasteiger partial charge on any atom is -0.326 e. The SMILES string of the molecule is CC(=O)Nc1ccc2c3c(cccc13)S(=O)(=O)N(C)C2. The van der Waals surface area contributed by atoms with Crippen LogP contribution >= 0.6 is 0 Å². The molecular formula is C14H14N2O3S. The first-order valence-corrected chi connectivity index (χ1v) is 7.64. The molecule has 0 radical (unpaired) electrons. The zero-order valence-corrected chi connectivity index (χ0v) is 12.0. The first-order chi connectivity index (χ1) is 9.41. The van der Waals surface area contributed by atoms with Gasteiger partial charge in [-0.3, -0.25) is 4.79 Å². The van der Waals surface area contributed by atoms with E-state index in [0.29, 0.717) is 22.5 Å². The number of benzene rings is 2. The Morgan fingerprint density at radius 3 is 2.70 bits per heavy atom. The van der Waals surface area contributed by atoms with Crippen molar-refractivity contribution in [3.63, 3.8) is 0 Å². The molecule has 1 heterocycles. The Bertz CT molecular complexity index is 828. The van der Waals surface area contributed by atoms with Gasteiger partial charge in [0.25, 0.3) is 0 Å². The zero-order chi connectivity index (χ0) is 14.5. The predicted octanol–water partition coefficient (Wildman–Crippen LogP) is 1.93. The van der Waals surface area contributed by atoms with Gasteiger partial charge in [-0.25, -0.2) is 8.42 Å². The van der Waals surface area contributed by atoms with E-state index in [4.69, 9.17) is 0 Å². The Hall–Kier alpha value is -1.92. The van der Waals surface area contributed by atoms with Gasteiger partial charge in [-0.1, -0.05) is 18.2 Å². The number of sulfonamides is 1. The van der Waals surface area contributed by atoms with E-state index in [9.17, 15) is 13.2 Å². The van der Waals surface area contributed by atoms with Crippen LogP contribution in [0.15, 0.2) is 35.2 Å². The molecular weight excluding hydrogens is 276 g/mol. The van der Waals surface area contributed by atoms with Crippen LogP contribution in [0.1, 0.15) is 12.5 Å². The van der Waals surface area contributed by atoms with Gasteiger partial charge < -0.3 is 5.32 Å². The largest absolute Gasteiger partial charge is 0.326 e. The Balaban J connectivity index is 2.38. The van der Waals surface area contributed by atoms with E-state index in [1.165, 1.54) is 11.2 Å². The number of amides is 1. The summed E-state index contributed by atoms with van der Waals surface area (Å²) in [5.41, 5.74) is 1.58. The highest BCUT2D eigenvalue weighted by Gasteiger charge is 2.30. The Morgan fingerprint density at radius 2 is 2.00 bits per heavy atom. The monoisotopic (exact) mass is 290 g/mol. The molecule has 0 atom stereocenters. The Kier molecular flexibility index (Phi) is 2.81. The van der Waals surface area contributed by atoms with Crippen LogP contribution in [0.2, 0.25) is 0 Å². The second-order valence-corrected chi connectivity index (χ2v) is 6.91. The summed E-state index contributed by atoms with van der Waals surface area (Å²) in [6.45, 7) is 1.77. The molecule has 6 heteroatoms. The summed E-state index contributed by atoms with van der Waals surface area (Å²) in [6.07, 6.45) is 0. The van der Waals surface area contributed by atoms with Crippen molar-refractivity contribution in [3.05, 3.63) is 35.9 Å². The van der Waals surface area contributed by atoms with E-state index in [1.54, 1.807) is 19.2 Å². The first kappa shape index (κ1) is 13.1. The molecule has 0 fully saturated rings. The van der Waals surface area contributed by atoms with E-state index < -0.39 is 10.0 Å². The van der Waals surface area contributed by atoms with Gasteiger partial charge in [0.05, 0.1) is 4.90 Å². The van der Waals surface area contributed by atoms with Gasteiger partial charge in [0.2, 0.25) is 15.9 Å². The molecule has 1 N–H and O–H groups in total. The molecule has 1 aliphatic rings. The summed E-state index contributed by atoms with van der Waals surface area (Å²) >= 11 is 0. The summed E-state index contributed by atoms with van der Waals surface area (Å²) in [6, 6.07) is 8.81. The molecule has 0 unspecified atom stereocenters. The molecule has 1 amide bonds. The smallest absolute Gasteiger partial charge is 0.243 e. The number of hydrogen-bond acceptors (Lipinski definition) is 3. The summed E-state index contributed by atoms with van der Waals surface area (Å²) in [4.78, 5) is 11.5. The number of nitrogens with one attached hydrogen (secondary N) is 1. The van der Waals surface area contributed by atoms with Crippen molar-refractivity contribution in [3.8, 4) is 0 Å². The molecule has 104 valence electrons. The van der Waals surface area contributed by atoms with Crippen LogP contribution in [0.5, 0.6) is 0 Å². The normalized spacial score (nSPS) is 17.1. The van der Waals surface area contributed by atoms with Crippen LogP contribution in [-0.4, -0.2) is 25.7 Å². The van der Waals surface area contributed by atoms with E-state index in [-0.39, 0.29) is 5.91 Å². The molecule has 0 aromatic heterocycles. The van der Waals surface area contributed by atoms with Crippen molar-refractivity contribution >= 4 is 32.4 Å². The molecule has 0 spiro atoms. The Morgan fingerprint density at radius 1 is 1.25 bits per heavy atom. The number of hydrogen-bond donors (Lipinski definition) is 1. The number of nitrogens with zero attached hydrogens (tertiary/aromatic N) is 1. The summed E-state index contributed by atoms with van der Waals surface area (Å²) < 4.78 is 26.1. The fourth-order valence-corrected chi connectivity index (χ4v) is 3.98. The van der Waals surface area contributed by atoms with Gasteiger partial charge in [-0.15, -0.1) is 0 Å². The predicted molar refractivity (Wildman–Crippen MR) is 76.9 cm³/mol. The lowest BCUT2D eigenvalue weighted by molar-refractivity contribution is -0.114. The summed E-state index contributed by atoms with van der Waals surface area (Å²) in [7, 11) is -1.88. The van der Waals surface area contributed by atoms with Gasteiger partial charge in [0.1, 0.15) is 0 Å². The highest BCUT2D eigenvalue weighted by molar-refractivity contribution is 7.89. The van der Waals surface area contributed by atoms with E-state index >= 15 is 0 Å². The molecule has 1 aliphatic heterocycles. The minimum absolute atomic E-state index is 0.179. The summed E-state index contributed by atoms with van der Waals surface area (Å²) in [5.74, 6) is -0.179. The first-order valence-electron chi connectivity index (χ1n) is 6.20. The van der Waals surface area contributed by atoms with Gasteiger partial charge in [0.15, 0.2) is 0 Å². The van der Waals surface area contributed by atoms with Crippen LogP contribution in [-0.2, 0) is 21.4 Å². The maximum Gasteiger partial charge on any atom is 0.243 e. The number of carbonyl (C=O) groups excluding carboxylic acids is 1. The van der Waals surface area contributed by atoms with Crippen LogP contribution in [0.3, 0.4) is 0 Å². The topological polar surface area (TPSA) is 66.5 Å². The molecule has 0 bridgehead atoms. The standard InChI is InChI=1S/C14H14N2O3S/c1-9(17)15-12-7-6-10-8-16(2)20(18,19)13-5-3-4-11(12)14(10)13/h3-7H,8H2,1-2H3,(H,15,17). The van der Waals surface area contributed by atoms with Gasteiger partial charge in [-0.2, -0.15) is 4.31 Å². The van der Waals surface area contributed by atoms with Gasteiger partial charge >= 0.3 is 0 Å². The fourth-order valence-electron chi connectivity index (χ4n) is 2.58. The molecule has 20 heavy (non-hydrogen) atoms. The molecule has 3 rings (SSSR count). The fraction of sp³-hybridized carbons (Fsp3) is 0.214. The number of rotatable bonds is 1. The average molecular weight is 290 g/mol. The van der Waals surface area contributed by atoms with Crippen molar-refractivity contribution in [2.24, 2.45) is 0 Å². The van der Waals surface area contributed by atoms with E-state index in [1.807, 2.05) is 18.2 Å².